The molecule has 3 N–H and O–H groups in total. The van der Waals surface area contributed by atoms with Crippen molar-refractivity contribution >= 4 is 23.2 Å². The number of halogens is 1. The van der Waals surface area contributed by atoms with Crippen molar-refractivity contribution in [3.63, 3.8) is 0 Å². The molecule has 0 spiro atoms. The van der Waals surface area contributed by atoms with Gasteiger partial charge in [-0.15, -0.1) is 0 Å². The predicted octanol–water partition coefficient (Wildman–Crippen LogP) is 1.81. The quantitative estimate of drug-likeness (QED) is 0.787. The van der Waals surface area contributed by atoms with Gasteiger partial charge in [0.2, 0.25) is 11.8 Å². The lowest BCUT2D eigenvalue weighted by atomic mass is 10.0. The van der Waals surface area contributed by atoms with Crippen LogP contribution in [0.1, 0.15) is 31.7 Å². The molecule has 1 heterocycles. The van der Waals surface area contributed by atoms with Crippen molar-refractivity contribution in [2.75, 3.05) is 10.6 Å². The smallest absolute Gasteiger partial charge is 0.224 e. The van der Waals surface area contributed by atoms with Crippen LogP contribution in [0.2, 0.25) is 0 Å². The third-order valence-electron chi connectivity index (χ3n) is 3.15. The highest BCUT2D eigenvalue weighted by atomic mass is 19.1. The highest BCUT2D eigenvalue weighted by molar-refractivity contribution is 5.96. The number of aliphatic hydroxyl groups is 1. The minimum atomic E-state index is -0.576. The second-order valence-corrected chi connectivity index (χ2v) is 4.97. The van der Waals surface area contributed by atoms with E-state index in [9.17, 15) is 14.0 Å². The number of amides is 2. The van der Waals surface area contributed by atoms with Crippen molar-refractivity contribution in [3.8, 4) is 0 Å². The van der Waals surface area contributed by atoms with Gasteiger partial charge in [0.15, 0.2) is 0 Å². The largest absolute Gasteiger partial charge is 0.393 e. The molecule has 0 bridgehead atoms. The summed E-state index contributed by atoms with van der Waals surface area (Å²) in [7, 11) is 0. The average Bonchev–Trinajstić information content (AvgIpc) is 2.38. The summed E-state index contributed by atoms with van der Waals surface area (Å²) >= 11 is 0. The first-order chi connectivity index (χ1) is 9.45. The van der Waals surface area contributed by atoms with Gasteiger partial charge in [0, 0.05) is 18.5 Å². The van der Waals surface area contributed by atoms with Crippen molar-refractivity contribution in [1.82, 2.24) is 0 Å². The number of fused-ring (bicyclic) bond motifs is 1. The van der Waals surface area contributed by atoms with Gasteiger partial charge >= 0.3 is 0 Å². The Kier molecular flexibility index (Phi) is 4.34. The fourth-order valence-electron chi connectivity index (χ4n) is 2.05. The molecule has 1 unspecified atom stereocenters. The van der Waals surface area contributed by atoms with E-state index in [0.29, 0.717) is 24.9 Å². The molecule has 0 saturated carbocycles. The number of aliphatic hydroxyl groups excluding tert-OH is 1. The molecule has 0 aliphatic carbocycles. The van der Waals surface area contributed by atoms with E-state index in [1.165, 1.54) is 12.1 Å². The van der Waals surface area contributed by atoms with Crippen molar-refractivity contribution < 1.29 is 19.1 Å². The molecule has 1 aromatic carbocycles. The molecule has 6 heteroatoms. The van der Waals surface area contributed by atoms with Crippen LogP contribution in [0.25, 0.3) is 0 Å². The van der Waals surface area contributed by atoms with E-state index in [0.717, 1.165) is 5.56 Å². The number of hydrogen-bond donors (Lipinski definition) is 3. The second-order valence-electron chi connectivity index (χ2n) is 4.97. The molecule has 0 fully saturated rings. The van der Waals surface area contributed by atoms with E-state index in [1.807, 2.05) is 0 Å². The lowest BCUT2D eigenvalue weighted by Gasteiger charge is -2.18. The first-order valence-corrected chi connectivity index (χ1v) is 6.56. The third-order valence-corrected chi connectivity index (χ3v) is 3.15. The van der Waals surface area contributed by atoms with Crippen molar-refractivity contribution in [2.24, 2.45) is 0 Å². The van der Waals surface area contributed by atoms with Crippen LogP contribution in [-0.4, -0.2) is 23.0 Å². The van der Waals surface area contributed by atoms with E-state index in [1.54, 1.807) is 6.92 Å². The maximum Gasteiger partial charge on any atom is 0.224 e. The van der Waals surface area contributed by atoms with Crippen molar-refractivity contribution in [3.05, 3.63) is 23.5 Å². The summed E-state index contributed by atoms with van der Waals surface area (Å²) < 4.78 is 13.9. The number of nitrogens with one attached hydrogen (secondary N) is 2. The Morgan fingerprint density at radius 2 is 2.25 bits per heavy atom. The van der Waals surface area contributed by atoms with Gasteiger partial charge in [0.25, 0.3) is 0 Å². The van der Waals surface area contributed by atoms with Crippen LogP contribution in [0.4, 0.5) is 15.8 Å². The highest BCUT2D eigenvalue weighted by Crippen LogP contribution is 2.28. The van der Waals surface area contributed by atoms with E-state index < -0.39 is 11.9 Å². The van der Waals surface area contributed by atoms with Crippen LogP contribution >= 0.6 is 0 Å². The summed E-state index contributed by atoms with van der Waals surface area (Å²) in [5.74, 6) is -1.01. The Balaban J connectivity index is 2.10. The van der Waals surface area contributed by atoms with Crippen molar-refractivity contribution in [1.29, 1.82) is 0 Å². The van der Waals surface area contributed by atoms with Crippen molar-refractivity contribution in [2.45, 2.75) is 38.7 Å². The van der Waals surface area contributed by atoms with Gasteiger partial charge in [-0.3, -0.25) is 9.59 Å². The number of anilines is 2. The van der Waals surface area contributed by atoms with Crippen LogP contribution in [0.5, 0.6) is 0 Å². The molecule has 2 rings (SSSR count). The summed E-state index contributed by atoms with van der Waals surface area (Å²) in [5.41, 5.74) is 1.30. The molecular weight excluding hydrogens is 263 g/mol. The second kappa shape index (κ2) is 6.00. The normalized spacial score (nSPS) is 15.2. The zero-order chi connectivity index (χ0) is 14.7. The van der Waals surface area contributed by atoms with Crippen LogP contribution in [0.15, 0.2) is 12.1 Å². The Labute approximate surface area is 116 Å². The van der Waals surface area contributed by atoms with Gasteiger partial charge < -0.3 is 15.7 Å². The maximum atomic E-state index is 13.9. The fourth-order valence-corrected chi connectivity index (χ4v) is 2.05. The van der Waals surface area contributed by atoms with E-state index in [2.05, 4.69) is 10.6 Å². The first kappa shape index (κ1) is 14.5. The molecule has 0 aromatic heterocycles. The van der Waals surface area contributed by atoms with Gasteiger partial charge in [-0.05, 0) is 37.5 Å². The van der Waals surface area contributed by atoms with Gasteiger partial charge in [-0.25, -0.2) is 4.39 Å². The standard InChI is InChI=1S/C14H17FN2O3/c1-8(18)2-4-13(19)17-12-7-11-9(6-10(12)15)3-5-14(20)16-11/h6-8,18H,2-5H2,1H3,(H,16,20)(H,17,19). The van der Waals surface area contributed by atoms with Gasteiger partial charge in [-0.1, -0.05) is 0 Å². The highest BCUT2D eigenvalue weighted by Gasteiger charge is 2.18. The SMILES string of the molecule is CC(O)CCC(=O)Nc1cc2c(cc1F)CCC(=O)N2. The number of rotatable bonds is 4. The monoisotopic (exact) mass is 280 g/mol. The number of hydrogen-bond acceptors (Lipinski definition) is 3. The molecular formula is C14H17FN2O3. The van der Waals surface area contributed by atoms with Crippen LogP contribution in [0.3, 0.4) is 0 Å². The van der Waals surface area contributed by atoms with E-state index in [4.69, 9.17) is 5.11 Å². The van der Waals surface area contributed by atoms with Gasteiger partial charge in [-0.2, -0.15) is 0 Å². The number of carbonyl (C=O) groups is 2. The van der Waals surface area contributed by atoms with Gasteiger partial charge in [0.05, 0.1) is 11.8 Å². The topological polar surface area (TPSA) is 78.4 Å². The average molecular weight is 280 g/mol. The summed E-state index contributed by atoms with van der Waals surface area (Å²) in [6, 6.07) is 2.76. The fraction of sp³-hybridized carbons (Fsp3) is 0.429. The molecule has 20 heavy (non-hydrogen) atoms. The molecule has 2 amide bonds. The Morgan fingerprint density at radius 1 is 1.50 bits per heavy atom. The molecule has 0 saturated heterocycles. The molecule has 0 radical (unpaired) electrons. The Bertz CT molecular complexity index is 543. The van der Waals surface area contributed by atoms with Gasteiger partial charge in [0.1, 0.15) is 5.82 Å². The van der Waals surface area contributed by atoms with Crippen LogP contribution in [0, 0.1) is 5.82 Å². The summed E-state index contributed by atoms with van der Waals surface area (Å²) in [4.78, 5) is 22.9. The molecule has 5 nitrogen and oxygen atoms in total. The lowest BCUT2D eigenvalue weighted by molar-refractivity contribution is -0.117. The number of benzene rings is 1. The lowest BCUT2D eigenvalue weighted by Crippen LogP contribution is -2.20. The number of aryl methyl sites for hydroxylation is 1. The van der Waals surface area contributed by atoms with E-state index in [-0.39, 0.29) is 23.9 Å². The third kappa shape index (κ3) is 3.54. The minimum Gasteiger partial charge on any atom is -0.393 e. The molecule has 1 aliphatic heterocycles. The molecule has 108 valence electrons. The number of carbonyl (C=O) groups excluding carboxylic acids is 2. The van der Waals surface area contributed by atoms with Crippen LogP contribution < -0.4 is 10.6 Å². The summed E-state index contributed by atoms with van der Waals surface area (Å²) in [6.07, 6.45) is 0.685. The summed E-state index contributed by atoms with van der Waals surface area (Å²) in [5, 5.41) is 14.2. The zero-order valence-electron chi connectivity index (χ0n) is 11.2. The van der Waals surface area contributed by atoms with E-state index >= 15 is 0 Å². The predicted molar refractivity (Wildman–Crippen MR) is 72.9 cm³/mol. The molecule has 1 aliphatic rings. The minimum absolute atomic E-state index is 0.0431. The first-order valence-electron chi connectivity index (χ1n) is 6.56. The Morgan fingerprint density at radius 3 is 2.95 bits per heavy atom. The maximum absolute atomic E-state index is 13.9. The van der Waals surface area contributed by atoms with Crippen LogP contribution in [-0.2, 0) is 16.0 Å². The molecule has 1 aromatic rings. The Hall–Kier alpha value is -1.95. The molecule has 1 atom stereocenters. The zero-order valence-corrected chi connectivity index (χ0v) is 11.2. The summed E-state index contributed by atoms with van der Waals surface area (Å²) in [6.45, 7) is 1.59.